The lowest BCUT2D eigenvalue weighted by molar-refractivity contribution is 0.200. The number of halogens is 2. The molecule has 3 nitrogen and oxygen atoms in total. The Labute approximate surface area is 167 Å². The number of fused-ring (bicyclic) bond motifs is 1. The van der Waals surface area contributed by atoms with Gasteiger partial charge in [-0.15, -0.1) is 0 Å². The number of allylic oxidation sites excluding steroid dienone is 1. The van der Waals surface area contributed by atoms with E-state index >= 15 is 0 Å². The standard InChI is InChI=1S/C20H27Br2NO2/c1-4-5-6-7-14(13-18(21)22)15-8-9-16-17(12-15)23(19(24)25)11-10-20(16,2)3/h8-9,12-14H,4-7,10-11H2,1-3H3,(H,24,25). The van der Waals surface area contributed by atoms with Crippen molar-refractivity contribution in [2.75, 3.05) is 11.4 Å². The van der Waals surface area contributed by atoms with Gasteiger partial charge in [-0.3, -0.25) is 4.90 Å². The molecule has 1 heterocycles. The maximum absolute atomic E-state index is 11.7. The summed E-state index contributed by atoms with van der Waals surface area (Å²) in [4.78, 5) is 13.2. The molecule has 0 bridgehead atoms. The number of benzene rings is 1. The number of anilines is 1. The summed E-state index contributed by atoms with van der Waals surface area (Å²) in [7, 11) is 0. The van der Waals surface area contributed by atoms with Crippen LogP contribution in [-0.2, 0) is 5.41 Å². The van der Waals surface area contributed by atoms with E-state index in [1.807, 2.05) is 0 Å². The second-order valence-electron chi connectivity index (χ2n) is 7.40. The number of amides is 1. The molecule has 1 aromatic carbocycles. The van der Waals surface area contributed by atoms with E-state index in [-0.39, 0.29) is 11.3 Å². The largest absolute Gasteiger partial charge is 0.465 e. The van der Waals surface area contributed by atoms with E-state index in [1.165, 1.54) is 23.3 Å². The molecule has 1 N–H and O–H groups in total. The number of hydrogen-bond acceptors (Lipinski definition) is 1. The van der Waals surface area contributed by atoms with E-state index in [1.54, 1.807) is 0 Å². The van der Waals surface area contributed by atoms with Crippen molar-refractivity contribution < 1.29 is 9.90 Å². The van der Waals surface area contributed by atoms with Gasteiger partial charge in [-0.2, -0.15) is 0 Å². The molecule has 138 valence electrons. The van der Waals surface area contributed by atoms with Crippen molar-refractivity contribution in [2.45, 2.75) is 64.2 Å². The average Bonchev–Trinajstić information content (AvgIpc) is 2.53. The maximum atomic E-state index is 11.7. The Bertz CT molecular complexity index is 651. The lowest BCUT2D eigenvalue weighted by Crippen LogP contribution is -2.40. The summed E-state index contributed by atoms with van der Waals surface area (Å²) >= 11 is 6.97. The lowest BCUT2D eigenvalue weighted by Gasteiger charge is -2.38. The highest BCUT2D eigenvalue weighted by atomic mass is 79.9. The quantitative estimate of drug-likeness (QED) is 0.446. The molecule has 0 saturated carbocycles. The minimum atomic E-state index is -0.867. The van der Waals surface area contributed by atoms with Crippen LogP contribution in [0.1, 0.15) is 69.9 Å². The molecule has 0 spiro atoms. The van der Waals surface area contributed by atoms with Gasteiger partial charge in [0.2, 0.25) is 0 Å². The molecular formula is C20H27Br2NO2. The molecule has 1 aliphatic rings. The van der Waals surface area contributed by atoms with Crippen LogP contribution >= 0.6 is 31.9 Å². The van der Waals surface area contributed by atoms with Crippen molar-refractivity contribution in [1.29, 1.82) is 0 Å². The Hall–Kier alpha value is -0.810. The van der Waals surface area contributed by atoms with Crippen molar-refractivity contribution in [3.63, 3.8) is 0 Å². The predicted molar refractivity (Wildman–Crippen MR) is 112 cm³/mol. The summed E-state index contributed by atoms with van der Waals surface area (Å²) in [6.07, 6.45) is 6.77. The molecule has 0 radical (unpaired) electrons. The molecular weight excluding hydrogens is 446 g/mol. The van der Waals surface area contributed by atoms with Gasteiger partial charge >= 0.3 is 6.09 Å². The van der Waals surface area contributed by atoms with Crippen LogP contribution in [0.5, 0.6) is 0 Å². The molecule has 0 aromatic heterocycles. The lowest BCUT2D eigenvalue weighted by atomic mass is 9.76. The van der Waals surface area contributed by atoms with E-state index in [9.17, 15) is 9.90 Å². The van der Waals surface area contributed by atoms with Gasteiger partial charge in [0, 0.05) is 12.5 Å². The first kappa shape index (κ1) is 20.5. The third-order valence-electron chi connectivity index (χ3n) is 5.11. The van der Waals surface area contributed by atoms with Crippen LogP contribution in [-0.4, -0.2) is 17.7 Å². The summed E-state index contributed by atoms with van der Waals surface area (Å²) in [5, 5.41) is 9.60. The predicted octanol–water partition coefficient (Wildman–Crippen LogP) is 7.15. The summed E-state index contributed by atoms with van der Waals surface area (Å²) in [5.41, 5.74) is 3.15. The maximum Gasteiger partial charge on any atom is 0.411 e. The fourth-order valence-corrected chi connectivity index (χ4v) is 4.17. The highest BCUT2D eigenvalue weighted by molar-refractivity contribution is 9.28. The van der Waals surface area contributed by atoms with E-state index in [0.717, 1.165) is 33.9 Å². The second kappa shape index (κ2) is 8.72. The Morgan fingerprint density at radius 2 is 2.08 bits per heavy atom. The first-order valence-electron chi connectivity index (χ1n) is 8.94. The van der Waals surface area contributed by atoms with Crippen LogP contribution in [0.3, 0.4) is 0 Å². The van der Waals surface area contributed by atoms with Crippen molar-refractivity contribution in [3.8, 4) is 0 Å². The number of carbonyl (C=O) groups is 1. The van der Waals surface area contributed by atoms with Gasteiger partial charge in [-0.05, 0) is 67.3 Å². The van der Waals surface area contributed by atoms with Crippen molar-refractivity contribution in [1.82, 2.24) is 0 Å². The van der Waals surface area contributed by atoms with Crippen LogP contribution in [0.25, 0.3) is 0 Å². The van der Waals surface area contributed by atoms with Crippen molar-refractivity contribution in [2.24, 2.45) is 0 Å². The molecule has 1 amide bonds. The Balaban J connectivity index is 2.43. The zero-order valence-corrected chi connectivity index (χ0v) is 18.4. The van der Waals surface area contributed by atoms with Crippen LogP contribution in [0, 0.1) is 0 Å². The van der Waals surface area contributed by atoms with E-state index in [4.69, 9.17) is 0 Å². The highest BCUT2D eigenvalue weighted by Crippen LogP contribution is 2.42. The molecule has 0 saturated heterocycles. The van der Waals surface area contributed by atoms with Crippen LogP contribution in [0.4, 0.5) is 10.5 Å². The molecule has 25 heavy (non-hydrogen) atoms. The van der Waals surface area contributed by atoms with Crippen LogP contribution < -0.4 is 4.90 Å². The third kappa shape index (κ3) is 5.10. The SMILES string of the molecule is CCCCCC(C=C(Br)Br)c1ccc2c(c1)N(C(=O)O)CCC2(C)C. The minimum Gasteiger partial charge on any atom is -0.465 e. The molecule has 1 aliphatic heterocycles. The van der Waals surface area contributed by atoms with Gasteiger partial charge in [0.1, 0.15) is 0 Å². The fraction of sp³-hybridized carbons (Fsp3) is 0.550. The first-order chi connectivity index (χ1) is 11.8. The minimum absolute atomic E-state index is 0.00334. The molecule has 1 unspecified atom stereocenters. The Morgan fingerprint density at radius 3 is 2.68 bits per heavy atom. The van der Waals surface area contributed by atoms with Crippen molar-refractivity contribution >= 4 is 43.6 Å². The topological polar surface area (TPSA) is 40.5 Å². The molecule has 1 aromatic rings. The van der Waals surface area contributed by atoms with Gasteiger partial charge in [-0.1, -0.05) is 58.2 Å². The van der Waals surface area contributed by atoms with Gasteiger partial charge < -0.3 is 5.11 Å². The van der Waals surface area contributed by atoms with Gasteiger partial charge in [-0.25, -0.2) is 4.79 Å². The summed E-state index contributed by atoms with van der Waals surface area (Å²) in [6.45, 7) is 7.14. The van der Waals surface area contributed by atoms with Crippen molar-refractivity contribution in [3.05, 3.63) is 38.8 Å². The van der Waals surface area contributed by atoms with E-state index < -0.39 is 6.09 Å². The Kier molecular flexibility index (Phi) is 7.15. The van der Waals surface area contributed by atoms with Gasteiger partial charge in [0.25, 0.3) is 0 Å². The molecule has 1 atom stereocenters. The monoisotopic (exact) mass is 471 g/mol. The Morgan fingerprint density at radius 1 is 1.36 bits per heavy atom. The zero-order chi connectivity index (χ0) is 18.6. The third-order valence-corrected chi connectivity index (χ3v) is 5.64. The molecule has 0 aliphatic carbocycles. The molecule has 2 rings (SSSR count). The summed E-state index contributed by atoms with van der Waals surface area (Å²) < 4.78 is 0.939. The molecule has 5 heteroatoms. The number of rotatable bonds is 6. The summed E-state index contributed by atoms with van der Waals surface area (Å²) in [5.74, 6) is 0.270. The number of nitrogens with zero attached hydrogens (tertiary/aromatic N) is 1. The van der Waals surface area contributed by atoms with Gasteiger partial charge in [0.05, 0.1) is 9.08 Å². The zero-order valence-electron chi connectivity index (χ0n) is 15.2. The fourth-order valence-electron chi connectivity index (χ4n) is 3.53. The van der Waals surface area contributed by atoms with E-state index in [2.05, 4.69) is 76.9 Å². The van der Waals surface area contributed by atoms with Crippen LogP contribution in [0.2, 0.25) is 0 Å². The molecule has 0 fully saturated rings. The number of unbranched alkanes of at least 4 members (excludes halogenated alkanes) is 2. The smallest absolute Gasteiger partial charge is 0.411 e. The highest BCUT2D eigenvalue weighted by Gasteiger charge is 2.34. The first-order valence-corrected chi connectivity index (χ1v) is 10.5. The van der Waals surface area contributed by atoms with Crippen LogP contribution in [0.15, 0.2) is 27.7 Å². The van der Waals surface area contributed by atoms with Gasteiger partial charge in [0.15, 0.2) is 0 Å². The second-order valence-corrected chi connectivity index (χ2v) is 10.2. The normalized spacial score (nSPS) is 16.9. The number of carboxylic acid groups (broad SMARTS) is 1. The summed E-state index contributed by atoms with van der Waals surface area (Å²) in [6, 6.07) is 6.38. The number of hydrogen-bond donors (Lipinski definition) is 1. The van der Waals surface area contributed by atoms with E-state index in [0.29, 0.717) is 6.54 Å². The average molecular weight is 473 g/mol.